The van der Waals surface area contributed by atoms with Gasteiger partial charge in [-0.2, -0.15) is 0 Å². The van der Waals surface area contributed by atoms with Crippen LogP contribution in [0.3, 0.4) is 0 Å². The highest BCUT2D eigenvalue weighted by atomic mass is 16.6. The molecular weight excluding hydrogens is 522 g/mol. The highest BCUT2D eigenvalue weighted by Crippen LogP contribution is 2.44. The van der Waals surface area contributed by atoms with Crippen LogP contribution < -0.4 is 5.32 Å². The van der Waals surface area contributed by atoms with E-state index in [9.17, 15) is 9.59 Å². The van der Waals surface area contributed by atoms with Crippen molar-refractivity contribution in [1.29, 1.82) is 0 Å². The highest BCUT2D eigenvalue weighted by molar-refractivity contribution is 5.82. The summed E-state index contributed by atoms with van der Waals surface area (Å²) >= 11 is 0. The van der Waals surface area contributed by atoms with Gasteiger partial charge < -0.3 is 14.8 Å². The van der Waals surface area contributed by atoms with Crippen molar-refractivity contribution >= 4 is 12.1 Å². The molecule has 5 aromatic carbocycles. The number of esters is 1. The zero-order valence-corrected chi connectivity index (χ0v) is 23.3. The maximum absolute atomic E-state index is 13.7. The summed E-state index contributed by atoms with van der Waals surface area (Å²) in [7, 11) is 0. The molecule has 5 aromatic rings. The molecule has 42 heavy (non-hydrogen) atoms. The molecule has 208 valence electrons. The lowest BCUT2D eigenvalue weighted by Gasteiger charge is -2.36. The van der Waals surface area contributed by atoms with Gasteiger partial charge in [0.05, 0.1) is 0 Å². The molecule has 1 atom stereocenters. The van der Waals surface area contributed by atoms with Gasteiger partial charge in [-0.3, -0.25) is 0 Å². The summed E-state index contributed by atoms with van der Waals surface area (Å²) in [5.74, 6) is -0.660. The van der Waals surface area contributed by atoms with Crippen molar-refractivity contribution in [1.82, 2.24) is 5.32 Å². The summed E-state index contributed by atoms with van der Waals surface area (Å²) in [6.45, 7) is 1.76. The van der Waals surface area contributed by atoms with E-state index < -0.39 is 23.7 Å². The Morgan fingerprint density at radius 3 is 1.50 bits per heavy atom. The zero-order chi connectivity index (χ0) is 28.9. The van der Waals surface area contributed by atoms with Crippen molar-refractivity contribution in [3.05, 3.63) is 167 Å². The predicted molar refractivity (Wildman–Crippen MR) is 163 cm³/mol. The molecule has 0 spiro atoms. The molecule has 1 N–H and O–H groups in total. The average Bonchev–Trinajstić information content (AvgIpc) is 3.37. The standard InChI is InChI=1S/C37H31NO4/c1-26(38-36(40)41-25-34-32-23-13-11-21-30(32)31-22-12-14-24-33(31)34)35(39)42-37(27-15-5-2-6-16-27,28-17-7-3-8-18-28)29-19-9-4-10-20-29/h2-24,26,34H,25H2,1H3,(H,38,40)/t26-/m0/s1. The summed E-state index contributed by atoms with van der Waals surface area (Å²) in [6.07, 6.45) is -0.675. The van der Waals surface area contributed by atoms with Gasteiger partial charge in [0.1, 0.15) is 12.6 Å². The minimum absolute atomic E-state index is 0.0766. The first-order chi connectivity index (χ1) is 20.6. The quantitative estimate of drug-likeness (QED) is 0.160. The molecule has 5 nitrogen and oxygen atoms in total. The van der Waals surface area contributed by atoms with Gasteiger partial charge in [-0.25, -0.2) is 9.59 Å². The van der Waals surface area contributed by atoms with Gasteiger partial charge in [-0.15, -0.1) is 0 Å². The third kappa shape index (κ3) is 5.06. The summed E-state index contributed by atoms with van der Waals surface area (Å²) in [6, 6.07) is 44.3. The van der Waals surface area contributed by atoms with Gasteiger partial charge in [0.25, 0.3) is 0 Å². The fraction of sp³-hybridized carbons (Fsp3) is 0.135. The van der Waals surface area contributed by atoms with E-state index in [0.29, 0.717) is 0 Å². The van der Waals surface area contributed by atoms with E-state index in [1.807, 2.05) is 115 Å². The van der Waals surface area contributed by atoms with Crippen LogP contribution in [-0.4, -0.2) is 24.7 Å². The molecule has 5 heteroatoms. The summed E-state index contributed by atoms with van der Waals surface area (Å²) < 4.78 is 12.1. The van der Waals surface area contributed by atoms with Crippen LogP contribution in [0.25, 0.3) is 11.1 Å². The Kier molecular flexibility index (Phi) is 7.56. The Morgan fingerprint density at radius 1 is 0.643 bits per heavy atom. The molecule has 1 amide bonds. The monoisotopic (exact) mass is 553 g/mol. The van der Waals surface area contributed by atoms with Crippen LogP contribution in [0.5, 0.6) is 0 Å². The predicted octanol–water partition coefficient (Wildman–Crippen LogP) is 7.45. The Hall–Kier alpha value is -5.16. The minimum atomic E-state index is -1.22. The van der Waals surface area contributed by atoms with E-state index in [4.69, 9.17) is 9.47 Å². The maximum Gasteiger partial charge on any atom is 0.407 e. The first kappa shape index (κ1) is 27.0. The van der Waals surface area contributed by atoms with E-state index >= 15 is 0 Å². The van der Waals surface area contributed by atoms with Gasteiger partial charge in [0.2, 0.25) is 0 Å². The molecule has 0 bridgehead atoms. The third-order valence-electron chi connectivity index (χ3n) is 7.83. The van der Waals surface area contributed by atoms with Crippen LogP contribution in [-0.2, 0) is 19.9 Å². The molecule has 0 aromatic heterocycles. The van der Waals surface area contributed by atoms with Crippen LogP contribution in [0.1, 0.15) is 40.7 Å². The second-order valence-electron chi connectivity index (χ2n) is 10.4. The second-order valence-corrected chi connectivity index (χ2v) is 10.4. The van der Waals surface area contributed by atoms with Gasteiger partial charge in [-0.05, 0) is 29.2 Å². The molecule has 0 aliphatic heterocycles. The number of benzene rings is 5. The first-order valence-electron chi connectivity index (χ1n) is 14.1. The molecule has 0 unspecified atom stereocenters. The Bertz CT molecular complexity index is 1540. The number of carbonyl (C=O) groups is 2. The third-order valence-corrected chi connectivity index (χ3v) is 7.83. The zero-order valence-electron chi connectivity index (χ0n) is 23.3. The lowest BCUT2D eigenvalue weighted by atomic mass is 9.80. The second kappa shape index (κ2) is 11.8. The number of ether oxygens (including phenoxy) is 2. The molecular formula is C37H31NO4. The SMILES string of the molecule is C[C@H](NC(=O)OCC1c2ccccc2-c2ccccc21)C(=O)OC(c1ccccc1)(c1ccccc1)c1ccccc1. The molecule has 0 radical (unpaired) electrons. The van der Waals surface area contributed by atoms with Crippen molar-refractivity contribution in [2.45, 2.75) is 24.5 Å². The van der Waals surface area contributed by atoms with Crippen LogP contribution >= 0.6 is 0 Å². The lowest BCUT2D eigenvalue weighted by molar-refractivity contribution is -0.155. The molecule has 0 heterocycles. The van der Waals surface area contributed by atoms with E-state index in [1.165, 1.54) is 0 Å². The Morgan fingerprint density at radius 2 is 1.05 bits per heavy atom. The van der Waals surface area contributed by atoms with Crippen LogP contribution in [0.2, 0.25) is 0 Å². The summed E-state index contributed by atoms with van der Waals surface area (Å²) in [4.78, 5) is 26.7. The molecule has 1 aliphatic rings. The number of amides is 1. The van der Waals surface area contributed by atoms with Crippen molar-refractivity contribution in [3.63, 3.8) is 0 Å². The van der Waals surface area contributed by atoms with Crippen molar-refractivity contribution in [2.75, 3.05) is 6.61 Å². The number of carbonyl (C=O) groups excluding carboxylic acids is 2. The van der Waals surface area contributed by atoms with Crippen LogP contribution in [0, 0.1) is 0 Å². The minimum Gasteiger partial charge on any atom is -0.449 e. The lowest BCUT2D eigenvalue weighted by Crippen LogP contribution is -2.45. The molecule has 0 saturated heterocycles. The summed E-state index contributed by atoms with van der Waals surface area (Å²) in [5, 5.41) is 2.69. The number of fused-ring (bicyclic) bond motifs is 3. The van der Waals surface area contributed by atoms with Crippen molar-refractivity contribution in [2.24, 2.45) is 0 Å². The average molecular weight is 554 g/mol. The normalized spacial score (nSPS) is 13.0. The number of nitrogens with one attached hydrogen (secondary N) is 1. The van der Waals surface area contributed by atoms with Gasteiger partial charge in [0.15, 0.2) is 5.60 Å². The van der Waals surface area contributed by atoms with E-state index in [1.54, 1.807) is 6.92 Å². The van der Waals surface area contributed by atoms with Crippen molar-refractivity contribution < 1.29 is 19.1 Å². The number of hydrogen-bond donors (Lipinski definition) is 1. The maximum atomic E-state index is 13.7. The number of hydrogen-bond acceptors (Lipinski definition) is 4. The largest absolute Gasteiger partial charge is 0.449 e. The highest BCUT2D eigenvalue weighted by Gasteiger charge is 2.41. The number of alkyl carbamates (subject to hydrolysis) is 1. The molecule has 0 saturated carbocycles. The van der Waals surface area contributed by atoms with E-state index in [0.717, 1.165) is 38.9 Å². The first-order valence-corrected chi connectivity index (χ1v) is 14.1. The van der Waals surface area contributed by atoms with E-state index in [2.05, 4.69) is 29.6 Å². The van der Waals surface area contributed by atoms with Crippen LogP contribution in [0.4, 0.5) is 4.79 Å². The Labute approximate surface area is 245 Å². The molecule has 1 aliphatic carbocycles. The number of rotatable bonds is 8. The van der Waals surface area contributed by atoms with E-state index in [-0.39, 0.29) is 12.5 Å². The fourth-order valence-electron chi connectivity index (χ4n) is 5.81. The van der Waals surface area contributed by atoms with Gasteiger partial charge >= 0.3 is 12.1 Å². The topological polar surface area (TPSA) is 64.6 Å². The summed E-state index contributed by atoms with van der Waals surface area (Å²) in [5.41, 5.74) is 5.71. The smallest absolute Gasteiger partial charge is 0.407 e. The van der Waals surface area contributed by atoms with Crippen LogP contribution in [0.15, 0.2) is 140 Å². The molecule has 0 fully saturated rings. The Balaban J connectivity index is 1.22. The van der Waals surface area contributed by atoms with Gasteiger partial charge in [0, 0.05) is 22.6 Å². The van der Waals surface area contributed by atoms with Gasteiger partial charge in [-0.1, -0.05) is 140 Å². The molecule has 6 rings (SSSR count). The fourth-order valence-corrected chi connectivity index (χ4v) is 5.81. The van der Waals surface area contributed by atoms with Crippen molar-refractivity contribution in [3.8, 4) is 11.1 Å².